The molecule has 0 spiro atoms. The molecule has 0 bridgehead atoms. The average molecular weight is 524 g/mol. The molecular weight excluding hydrogens is 491 g/mol. The fourth-order valence-corrected chi connectivity index (χ4v) is 5.03. The van der Waals surface area contributed by atoms with Gasteiger partial charge in [-0.3, -0.25) is 4.90 Å². The van der Waals surface area contributed by atoms with Crippen LogP contribution in [0.5, 0.6) is 11.5 Å². The number of aliphatic hydroxyl groups is 1. The fourth-order valence-electron chi connectivity index (χ4n) is 4.22. The van der Waals surface area contributed by atoms with Crippen molar-refractivity contribution in [3.8, 4) is 11.5 Å². The summed E-state index contributed by atoms with van der Waals surface area (Å²) in [7, 11) is 0. The van der Waals surface area contributed by atoms with E-state index < -0.39 is 17.8 Å². The van der Waals surface area contributed by atoms with E-state index in [-0.39, 0.29) is 6.61 Å². The van der Waals surface area contributed by atoms with Crippen LogP contribution in [-0.2, 0) is 6.18 Å². The van der Waals surface area contributed by atoms with E-state index in [2.05, 4.69) is 14.8 Å². The molecule has 1 aromatic heterocycles. The number of benzene rings is 2. The molecule has 2 heterocycles. The molecule has 196 valence electrons. The molecule has 4 rings (SSSR count). The summed E-state index contributed by atoms with van der Waals surface area (Å²) in [5.74, 6) is 1.18. The second kappa shape index (κ2) is 12.2. The Labute approximate surface area is 213 Å². The second-order valence-corrected chi connectivity index (χ2v) is 10.3. The molecule has 1 aliphatic heterocycles. The summed E-state index contributed by atoms with van der Waals surface area (Å²) >= 11 is 1.65. The summed E-state index contributed by atoms with van der Waals surface area (Å²) < 4.78 is 50.3. The first-order valence-corrected chi connectivity index (χ1v) is 13.0. The Bertz CT molecular complexity index is 1100. The van der Waals surface area contributed by atoms with Gasteiger partial charge in [-0.1, -0.05) is 0 Å². The van der Waals surface area contributed by atoms with Crippen molar-refractivity contribution >= 4 is 21.6 Å². The number of hydrogen-bond donors (Lipinski definition) is 1. The van der Waals surface area contributed by atoms with Gasteiger partial charge in [-0.25, -0.2) is 4.98 Å². The highest BCUT2D eigenvalue weighted by molar-refractivity contribution is 7.18. The van der Waals surface area contributed by atoms with E-state index in [4.69, 9.17) is 9.47 Å². The molecule has 1 atom stereocenters. The molecule has 1 unspecified atom stereocenters. The average Bonchev–Trinajstić information content (AvgIpc) is 3.22. The van der Waals surface area contributed by atoms with Crippen molar-refractivity contribution in [2.24, 2.45) is 0 Å². The molecule has 1 aliphatic rings. The number of β-amino-alcohol motifs (C(OH)–C–C–N with tert-alkyl or cyclic N) is 1. The number of fused-ring (bicyclic) bond motifs is 1. The second-order valence-electron chi connectivity index (χ2n) is 9.05. The quantitative estimate of drug-likeness (QED) is 0.363. The number of aliphatic hydroxyl groups excluding tert-OH is 1. The maximum atomic E-state index is 12.6. The number of alkyl halides is 3. The van der Waals surface area contributed by atoms with Crippen molar-refractivity contribution < 1.29 is 27.8 Å². The molecule has 0 amide bonds. The molecule has 0 saturated carbocycles. The highest BCUT2D eigenvalue weighted by Gasteiger charge is 2.30. The number of thiazole rings is 1. The molecule has 36 heavy (non-hydrogen) atoms. The number of aryl methyl sites for hydroxylation is 1. The molecule has 3 aromatic rings. The number of rotatable bonds is 11. The van der Waals surface area contributed by atoms with Crippen LogP contribution in [0.15, 0.2) is 42.5 Å². The first-order chi connectivity index (χ1) is 17.3. The Kier molecular flexibility index (Phi) is 9.05. The number of nitrogens with zero attached hydrogens (tertiary/aromatic N) is 3. The molecule has 0 radical (unpaired) electrons. The minimum atomic E-state index is -4.33. The van der Waals surface area contributed by atoms with Crippen LogP contribution >= 0.6 is 11.3 Å². The summed E-state index contributed by atoms with van der Waals surface area (Å²) in [6.45, 7) is 7.89. The van der Waals surface area contributed by atoms with E-state index in [1.165, 1.54) is 12.1 Å². The van der Waals surface area contributed by atoms with Crippen LogP contribution in [0.25, 0.3) is 10.2 Å². The van der Waals surface area contributed by atoms with Crippen LogP contribution in [0.2, 0.25) is 0 Å². The van der Waals surface area contributed by atoms with Gasteiger partial charge in [-0.2, -0.15) is 13.2 Å². The Hall–Kier alpha value is -2.40. The normalized spacial score (nSPS) is 16.4. The van der Waals surface area contributed by atoms with Crippen LogP contribution in [0.3, 0.4) is 0 Å². The van der Waals surface area contributed by atoms with Gasteiger partial charge in [0.1, 0.15) is 24.2 Å². The summed E-state index contributed by atoms with van der Waals surface area (Å²) in [5.41, 5.74) is 0.254. The monoisotopic (exact) mass is 523 g/mol. The van der Waals surface area contributed by atoms with E-state index in [1.54, 1.807) is 11.3 Å². The van der Waals surface area contributed by atoms with Crippen molar-refractivity contribution in [2.75, 3.05) is 52.5 Å². The molecule has 6 nitrogen and oxygen atoms in total. The lowest BCUT2D eigenvalue weighted by atomic mass is 10.2. The minimum Gasteiger partial charge on any atom is -0.494 e. The predicted octanol–water partition coefficient (Wildman–Crippen LogP) is 4.84. The third-order valence-electron chi connectivity index (χ3n) is 6.16. The Balaban J connectivity index is 1.07. The zero-order chi connectivity index (χ0) is 25.5. The molecule has 2 aromatic carbocycles. The SMILES string of the molecule is Cc1nc2cc(OCC(O)CN3CCN(CCCCOc4ccc(C(F)(F)F)cc4)CC3)ccc2s1. The summed E-state index contributed by atoms with van der Waals surface area (Å²) in [6.07, 6.45) is -3.10. The minimum absolute atomic E-state index is 0.244. The number of piperazine rings is 1. The zero-order valence-corrected chi connectivity index (χ0v) is 21.2. The Morgan fingerprint density at radius 1 is 0.972 bits per heavy atom. The number of unbranched alkanes of at least 4 members (excludes halogenated alkanes) is 1. The number of ether oxygens (including phenoxy) is 2. The molecule has 10 heteroatoms. The maximum absolute atomic E-state index is 12.6. The maximum Gasteiger partial charge on any atom is 0.416 e. The van der Waals surface area contributed by atoms with Crippen LogP contribution in [-0.4, -0.2) is 78.5 Å². The van der Waals surface area contributed by atoms with E-state index in [0.29, 0.717) is 18.9 Å². The number of hydrogen-bond acceptors (Lipinski definition) is 7. The molecule has 1 fully saturated rings. The van der Waals surface area contributed by atoms with Gasteiger partial charge in [-0.05, 0) is 62.7 Å². The lowest BCUT2D eigenvalue weighted by molar-refractivity contribution is -0.137. The van der Waals surface area contributed by atoms with Crippen molar-refractivity contribution in [2.45, 2.75) is 32.0 Å². The third-order valence-corrected chi connectivity index (χ3v) is 7.11. The third kappa shape index (κ3) is 7.80. The van der Waals surface area contributed by atoms with E-state index in [0.717, 1.165) is 78.7 Å². The summed E-state index contributed by atoms with van der Waals surface area (Å²) in [6, 6.07) is 10.6. The van der Waals surface area contributed by atoms with E-state index in [1.807, 2.05) is 25.1 Å². The van der Waals surface area contributed by atoms with Crippen molar-refractivity contribution in [1.29, 1.82) is 0 Å². The van der Waals surface area contributed by atoms with Gasteiger partial charge in [0.2, 0.25) is 0 Å². The van der Waals surface area contributed by atoms with Crippen LogP contribution < -0.4 is 9.47 Å². The van der Waals surface area contributed by atoms with Gasteiger partial charge in [0.25, 0.3) is 0 Å². The van der Waals surface area contributed by atoms with Gasteiger partial charge in [0, 0.05) is 38.8 Å². The van der Waals surface area contributed by atoms with Crippen molar-refractivity contribution in [3.05, 3.63) is 53.0 Å². The van der Waals surface area contributed by atoms with Gasteiger partial charge in [0.15, 0.2) is 0 Å². The van der Waals surface area contributed by atoms with Gasteiger partial charge < -0.3 is 19.5 Å². The molecule has 0 aliphatic carbocycles. The highest BCUT2D eigenvalue weighted by Crippen LogP contribution is 2.30. The zero-order valence-electron chi connectivity index (χ0n) is 20.3. The number of halogens is 3. The van der Waals surface area contributed by atoms with E-state index in [9.17, 15) is 18.3 Å². The van der Waals surface area contributed by atoms with Gasteiger partial charge in [-0.15, -0.1) is 11.3 Å². The molecular formula is C26H32F3N3O3S. The van der Waals surface area contributed by atoms with Gasteiger partial charge in [0.05, 0.1) is 27.4 Å². The van der Waals surface area contributed by atoms with Crippen molar-refractivity contribution in [1.82, 2.24) is 14.8 Å². The molecule has 1 saturated heterocycles. The largest absolute Gasteiger partial charge is 0.494 e. The fraction of sp³-hybridized carbons (Fsp3) is 0.500. The Morgan fingerprint density at radius 2 is 1.67 bits per heavy atom. The van der Waals surface area contributed by atoms with Crippen LogP contribution in [0.1, 0.15) is 23.4 Å². The van der Waals surface area contributed by atoms with E-state index >= 15 is 0 Å². The van der Waals surface area contributed by atoms with Gasteiger partial charge >= 0.3 is 6.18 Å². The van der Waals surface area contributed by atoms with Crippen LogP contribution in [0, 0.1) is 6.92 Å². The Morgan fingerprint density at radius 3 is 2.39 bits per heavy atom. The topological polar surface area (TPSA) is 58.1 Å². The summed E-state index contributed by atoms with van der Waals surface area (Å²) in [4.78, 5) is 9.13. The number of aromatic nitrogens is 1. The highest BCUT2D eigenvalue weighted by atomic mass is 32.1. The lowest BCUT2D eigenvalue weighted by Gasteiger charge is -2.35. The predicted molar refractivity (Wildman–Crippen MR) is 135 cm³/mol. The first kappa shape index (κ1) is 26.7. The first-order valence-electron chi connectivity index (χ1n) is 12.2. The standard InChI is InChI=1S/C26H32F3N3O3S/c1-19-30-24-16-23(8-9-25(24)36-19)35-18-21(33)17-32-13-11-31(12-14-32)10-2-3-15-34-22-6-4-20(5-7-22)26(27,28)29/h4-9,16,21,33H,2-3,10-15,17-18H2,1H3. The molecule has 1 N–H and O–H groups in total. The van der Waals surface area contributed by atoms with Crippen molar-refractivity contribution in [3.63, 3.8) is 0 Å². The lowest BCUT2D eigenvalue weighted by Crippen LogP contribution is -2.49. The smallest absolute Gasteiger partial charge is 0.416 e. The van der Waals surface area contributed by atoms with Crippen LogP contribution in [0.4, 0.5) is 13.2 Å². The summed E-state index contributed by atoms with van der Waals surface area (Å²) in [5, 5.41) is 11.5.